The van der Waals surface area contributed by atoms with E-state index >= 15 is 0 Å². The summed E-state index contributed by atoms with van der Waals surface area (Å²) < 4.78 is 0. The first kappa shape index (κ1) is 13.9. The Bertz CT molecular complexity index is 287. The molecule has 0 aromatic heterocycles. The zero-order valence-electron chi connectivity index (χ0n) is 11.8. The lowest BCUT2D eigenvalue weighted by Crippen LogP contribution is -2.66. The molecule has 0 atom stereocenters. The molecule has 0 unspecified atom stereocenters. The first-order chi connectivity index (χ1) is 8.53. The molecule has 2 aliphatic rings. The number of carbonyl (C=O) groups is 1. The van der Waals surface area contributed by atoms with Crippen molar-refractivity contribution in [3.05, 3.63) is 0 Å². The fraction of sp³-hybridized carbons (Fsp3) is 0.933. The van der Waals surface area contributed by atoms with Crippen molar-refractivity contribution < 1.29 is 9.90 Å². The first-order valence-corrected chi connectivity index (χ1v) is 7.54. The summed E-state index contributed by atoms with van der Waals surface area (Å²) in [6.07, 6.45) is 8.37. The van der Waals surface area contributed by atoms with Gasteiger partial charge in [0.25, 0.3) is 0 Å². The molecule has 1 N–H and O–H groups in total. The second kappa shape index (κ2) is 5.60. The van der Waals surface area contributed by atoms with Crippen molar-refractivity contribution in [3.63, 3.8) is 0 Å². The fourth-order valence-corrected chi connectivity index (χ4v) is 3.10. The smallest absolute Gasteiger partial charge is 0.225 e. The van der Waals surface area contributed by atoms with Gasteiger partial charge in [0.05, 0.1) is 13.1 Å². The third kappa shape index (κ3) is 2.87. The van der Waals surface area contributed by atoms with Gasteiger partial charge < -0.3 is 10.0 Å². The van der Waals surface area contributed by atoms with Gasteiger partial charge >= 0.3 is 0 Å². The number of nitrogens with zero attached hydrogens (tertiary/aromatic N) is 1. The lowest BCUT2D eigenvalue weighted by molar-refractivity contribution is -0.168. The van der Waals surface area contributed by atoms with E-state index < -0.39 is 5.60 Å². The van der Waals surface area contributed by atoms with Gasteiger partial charge in [0.15, 0.2) is 0 Å². The molecule has 1 aliphatic heterocycles. The van der Waals surface area contributed by atoms with E-state index in [1.807, 2.05) is 18.7 Å². The number of amides is 1. The van der Waals surface area contributed by atoms with Crippen LogP contribution in [0.3, 0.4) is 0 Å². The SMILES string of the molecule is CC(C)C1(O)CN(C(=O)C2CCCCCCC2)C1. The summed E-state index contributed by atoms with van der Waals surface area (Å²) in [5.74, 6) is 0.753. The zero-order chi connectivity index (χ0) is 13.2. The van der Waals surface area contributed by atoms with E-state index in [-0.39, 0.29) is 11.8 Å². The molecule has 3 nitrogen and oxygen atoms in total. The van der Waals surface area contributed by atoms with Crippen molar-refractivity contribution in [2.24, 2.45) is 11.8 Å². The maximum Gasteiger partial charge on any atom is 0.225 e. The van der Waals surface area contributed by atoms with Crippen LogP contribution in [0.25, 0.3) is 0 Å². The number of hydrogen-bond acceptors (Lipinski definition) is 2. The Labute approximate surface area is 111 Å². The number of likely N-dealkylation sites (tertiary alicyclic amines) is 1. The van der Waals surface area contributed by atoms with Gasteiger partial charge in [0.1, 0.15) is 5.60 Å². The third-order valence-electron chi connectivity index (χ3n) is 4.77. The Morgan fingerprint density at radius 3 is 2.11 bits per heavy atom. The third-order valence-corrected chi connectivity index (χ3v) is 4.77. The van der Waals surface area contributed by atoms with Crippen LogP contribution in [0.2, 0.25) is 0 Å². The minimum absolute atomic E-state index is 0.224. The largest absolute Gasteiger partial charge is 0.386 e. The van der Waals surface area contributed by atoms with E-state index in [4.69, 9.17) is 0 Å². The highest BCUT2D eigenvalue weighted by Gasteiger charge is 2.46. The zero-order valence-corrected chi connectivity index (χ0v) is 11.8. The van der Waals surface area contributed by atoms with Gasteiger partial charge in [-0.3, -0.25) is 4.79 Å². The molecule has 0 radical (unpaired) electrons. The number of carbonyl (C=O) groups excluding carboxylic acids is 1. The summed E-state index contributed by atoms with van der Waals surface area (Å²) in [5.41, 5.74) is -0.628. The van der Waals surface area contributed by atoms with Crippen molar-refractivity contribution in [2.45, 2.75) is 64.4 Å². The fourth-order valence-electron chi connectivity index (χ4n) is 3.10. The molecule has 0 aromatic carbocycles. The maximum absolute atomic E-state index is 12.4. The molecular formula is C15H27NO2. The monoisotopic (exact) mass is 253 g/mol. The molecule has 1 saturated heterocycles. The number of β-amino-alcohol motifs (C(OH)–C–C–N with tert-alkyl or cyclic N) is 1. The normalized spacial score (nSPS) is 25.4. The minimum Gasteiger partial charge on any atom is -0.386 e. The summed E-state index contributed by atoms with van der Waals surface area (Å²) in [5, 5.41) is 10.2. The van der Waals surface area contributed by atoms with Gasteiger partial charge in [0.2, 0.25) is 5.91 Å². The average Bonchev–Trinajstić information content (AvgIpc) is 2.23. The quantitative estimate of drug-likeness (QED) is 0.821. The van der Waals surface area contributed by atoms with Crippen molar-refractivity contribution in [3.8, 4) is 0 Å². The highest BCUT2D eigenvalue weighted by Crippen LogP contribution is 2.32. The lowest BCUT2D eigenvalue weighted by atomic mass is 9.81. The minimum atomic E-state index is -0.628. The van der Waals surface area contributed by atoms with Gasteiger partial charge in [-0.2, -0.15) is 0 Å². The van der Waals surface area contributed by atoms with Crippen LogP contribution in [0.15, 0.2) is 0 Å². The van der Waals surface area contributed by atoms with E-state index in [1.165, 1.54) is 32.1 Å². The van der Waals surface area contributed by atoms with E-state index in [9.17, 15) is 9.90 Å². The molecule has 18 heavy (non-hydrogen) atoms. The molecule has 0 spiro atoms. The molecule has 104 valence electrons. The molecule has 0 bridgehead atoms. The molecule has 1 aliphatic carbocycles. The topological polar surface area (TPSA) is 40.5 Å². The molecule has 2 fully saturated rings. The Kier molecular flexibility index (Phi) is 4.31. The summed E-state index contributed by atoms with van der Waals surface area (Å²) in [4.78, 5) is 14.2. The summed E-state index contributed by atoms with van der Waals surface area (Å²) in [6, 6.07) is 0. The van der Waals surface area contributed by atoms with Crippen molar-refractivity contribution in [1.82, 2.24) is 4.90 Å². The molecule has 2 rings (SSSR count). The van der Waals surface area contributed by atoms with Crippen molar-refractivity contribution in [2.75, 3.05) is 13.1 Å². The van der Waals surface area contributed by atoms with Crippen LogP contribution in [0.4, 0.5) is 0 Å². The average molecular weight is 253 g/mol. The van der Waals surface area contributed by atoms with Gasteiger partial charge in [0, 0.05) is 5.92 Å². The first-order valence-electron chi connectivity index (χ1n) is 7.54. The maximum atomic E-state index is 12.4. The van der Waals surface area contributed by atoms with Gasteiger partial charge in [-0.15, -0.1) is 0 Å². The second-order valence-corrected chi connectivity index (χ2v) is 6.49. The van der Waals surface area contributed by atoms with Crippen LogP contribution in [0.5, 0.6) is 0 Å². The van der Waals surface area contributed by atoms with E-state index in [0.717, 1.165) is 12.8 Å². The van der Waals surface area contributed by atoms with Crippen LogP contribution in [-0.4, -0.2) is 34.6 Å². The Balaban J connectivity index is 1.84. The van der Waals surface area contributed by atoms with Crippen LogP contribution >= 0.6 is 0 Å². The summed E-state index contributed by atoms with van der Waals surface area (Å²) in [7, 11) is 0. The Morgan fingerprint density at radius 2 is 1.61 bits per heavy atom. The van der Waals surface area contributed by atoms with Crippen molar-refractivity contribution >= 4 is 5.91 Å². The number of hydrogen-bond donors (Lipinski definition) is 1. The lowest BCUT2D eigenvalue weighted by Gasteiger charge is -2.50. The summed E-state index contributed by atoms with van der Waals surface area (Å²) in [6.45, 7) is 5.13. The van der Waals surface area contributed by atoms with Crippen LogP contribution in [0, 0.1) is 11.8 Å². The highest BCUT2D eigenvalue weighted by atomic mass is 16.3. The molecule has 1 amide bonds. The Morgan fingerprint density at radius 1 is 1.11 bits per heavy atom. The predicted molar refractivity (Wildman–Crippen MR) is 72.2 cm³/mol. The summed E-state index contributed by atoms with van der Waals surface area (Å²) >= 11 is 0. The van der Waals surface area contributed by atoms with E-state index in [1.54, 1.807) is 0 Å². The van der Waals surface area contributed by atoms with E-state index in [2.05, 4.69) is 0 Å². The predicted octanol–water partition coefficient (Wildman–Crippen LogP) is 2.58. The van der Waals surface area contributed by atoms with Gasteiger partial charge in [-0.05, 0) is 18.8 Å². The number of rotatable bonds is 2. The molecule has 1 saturated carbocycles. The van der Waals surface area contributed by atoms with E-state index in [0.29, 0.717) is 19.0 Å². The highest BCUT2D eigenvalue weighted by molar-refractivity contribution is 5.80. The van der Waals surface area contributed by atoms with Gasteiger partial charge in [-0.1, -0.05) is 46.0 Å². The molecular weight excluding hydrogens is 226 g/mol. The standard InChI is InChI=1S/C15H27NO2/c1-12(2)15(18)10-16(11-15)14(17)13-8-6-4-3-5-7-9-13/h12-13,18H,3-11H2,1-2H3. The van der Waals surface area contributed by atoms with Crippen LogP contribution < -0.4 is 0 Å². The van der Waals surface area contributed by atoms with Crippen LogP contribution in [0.1, 0.15) is 58.8 Å². The number of aliphatic hydroxyl groups is 1. The second-order valence-electron chi connectivity index (χ2n) is 6.49. The van der Waals surface area contributed by atoms with Crippen LogP contribution in [-0.2, 0) is 4.79 Å². The van der Waals surface area contributed by atoms with Gasteiger partial charge in [-0.25, -0.2) is 0 Å². The molecule has 3 heteroatoms. The Hall–Kier alpha value is -0.570. The molecule has 0 aromatic rings. The molecule has 1 heterocycles. The van der Waals surface area contributed by atoms with Crippen molar-refractivity contribution in [1.29, 1.82) is 0 Å².